The van der Waals surface area contributed by atoms with E-state index in [-0.39, 0.29) is 0 Å². The fraction of sp³-hybridized carbons (Fsp3) is 0.667. The summed E-state index contributed by atoms with van der Waals surface area (Å²) < 4.78 is 0. The molecule has 0 atom stereocenters. The van der Waals surface area contributed by atoms with Gasteiger partial charge in [-0.3, -0.25) is 0 Å². The van der Waals surface area contributed by atoms with Crippen molar-refractivity contribution >= 4 is 11.8 Å². The van der Waals surface area contributed by atoms with Crippen molar-refractivity contribution in [3.63, 3.8) is 0 Å². The Bertz CT molecular complexity index is 74.6. The molecule has 1 nitrogen and oxygen atoms in total. The van der Waals surface area contributed by atoms with Crippen LogP contribution in [-0.2, 0) is 0 Å². The van der Waals surface area contributed by atoms with E-state index in [1.807, 2.05) is 12.3 Å². The summed E-state index contributed by atoms with van der Waals surface area (Å²) in [7, 11) is 0. The highest BCUT2D eigenvalue weighted by Crippen LogP contribution is 2.04. The van der Waals surface area contributed by atoms with Crippen LogP contribution in [0.5, 0.6) is 0 Å². The quantitative estimate of drug-likeness (QED) is 0.592. The Morgan fingerprint density at radius 3 is 2.75 bits per heavy atom. The Morgan fingerprint density at radius 2 is 2.38 bits per heavy atom. The normalized spacial score (nSPS) is 12.0. The predicted molar refractivity (Wildman–Crippen MR) is 40.7 cm³/mol. The van der Waals surface area contributed by atoms with E-state index in [1.165, 1.54) is 12.2 Å². The molecule has 0 amide bonds. The van der Waals surface area contributed by atoms with Crippen molar-refractivity contribution in [3.8, 4) is 0 Å². The van der Waals surface area contributed by atoms with E-state index in [9.17, 15) is 0 Å². The summed E-state index contributed by atoms with van der Waals surface area (Å²) in [5.74, 6) is 1.18. The van der Waals surface area contributed by atoms with Crippen LogP contribution in [-0.4, -0.2) is 5.75 Å². The zero-order chi connectivity index (χ0) is 6.41. The molecule has 0 saturated carbocycles. The van der Waals surface area contributed by atoms with E-state index in [0.717, 1.165) is 5.70 Å². The third-order valence-electron chi connectivity index (χ3n) is 0.591. The van der Waals surface area contributed by atoms with Gasteiger partial charge in [0.1, 0.15) is 0 Å². The number of rotatable bonds is 3. The summed E-state index contributed by atoms with van der Waals surface area (Å²) in [6.45, 7) is 4.06. The van der Waals surface area contributed by atoms with Crippen LogP contribution in [0.25, 0.3) is 0 Å². The summed E-state index contributed by atoms with van der Waals surface area (Å²) in [4.78, 5) is 0. The maximum atomic E-state index is 5.37. The topological polar surface area (TPSA) is 26.0 Å². The van der Waals surface area contributed by atoms with Gasteiger partial charge in [0, 0.05) is 5.70 Å². The molecule has 0 aliphatic carbocycles. The molecule has 0 unspecified atom stereocenters. The Balaban J connectivity index is 3.03. The zero-order valence-corrected chi connectivity index (χ0v) is 6.29. The molecule has 0 radical (unpaired) electrons. The van der Waals surface area contributed by atoms with Crippen LogP contribution in [0.15, 0.2) is 11.1 Å². The zero-order valence-electron chi connectivity index (χ0n) is 5.48. The Morgan fingerprint density at radius 1 is 1.75 bits per heavy atom. The lowest BCUT2D eigenvalue weighted by molar-refractivity contribution is 1.11. The largest absolute Gasteiger partial charge is 0.402 e. The summed E-state index contributed by atoms with van der Waals surface area (Å²) >= 11 is 1.77. The third-order valence-corrected chi connectivity index (χ3v) is 1.77. The maximum absolute atomic E-state index is 5.37. The molecule has 0 spiro atoms. The SMILES string of the molecule is CCCS/C=C(\C)N. The summed E-state index contributed by atoms with van der Waals surface area (Å²) in [5, 5.41) is 1.99. The third kappa shape index (κ3) is 5.89. The lowest BCUT2D eigenvalue weighted by Gasteiger charge is -1.89. The van der Waals surface area contributed by atoms with Crippen molar-refractivity contribution in [1.29, 1.82) is 0 Å². The van der Waals surface area contributed by atoms with Gasteiger partial charge in [0.25, 0.3) is 0 Å². The molecule has 48 valence electrons. The predicted octanol–water partition coefficient (Wildman–Crippen LogP) is 1.95. The number of hydrogen-bond acceptors (Lipinski definition) is 2. The lowest BCUT2D eigenvalue weighted by Crippen LogP contribution is -1.87. The van der Waals surface area contributed by atoms with E-state index in [0.29, 0.717) is 0 Å². The first-order valence-electron chi connectivity index (χ1n) is 2.81. The molecule has 0 heterocycles. The minimum atomic E-state index is 0.906. The molecule has 0 rings (SSSR count). The molecule has 2 heteroatoms. The van der Waals surface area contributed by atoms with Crippen LogP contribution in [0.1, 0.15) is 20.3 Å². The van der Waals surface area contributed by atoms with E-state index >= 15 is 0 Å². The van der Waals surface area contributed by atoms with Gasteiger partial charge in [0.2, 0.25) is 0 Å². The average molecular weight is 131 g/mol. The van der Waals surface area contributed by atoms with Gasteiger partial charge in [-0.05, 0) is 24.5 Å². The van der Waals surface area contributed by atoms with Crippen molar-refractivity contribution < 1.29 is 0 Å². The van der Waals surface area contributed by atoms with Gasteiger partial charge in [0.15, 0.2) is 0 Å². The van der Waals surface area contributed by atoms with Gasteiger partial charge in [-0.15, -0.1) is 11.8 Å². The van der Waals surface area contributed by atoms with Gasteiger partial charge in [-0.1, -0.05) is 6.92 Å². The Kier molecular flexibility index (Phi) is 4.97. The second-order valence-electron chi connectivity index (χ2n) is 1.73. The van der Waals surface area contributed by atoms with Gasteiger partial charge >= 0.3 is 0 Å². The van der Waals surface area contributed by atoms with Crippen LogP contribution < -0.4 is 5.73 Å². The highest BCUT2D eigenvalue weighted by molar-refractivity contribution is 8.02. The molecule has 8 heavy (non-hydrogen) atoms. The first kappa shape index (κ1) is 7.89. The number of nitrogens with two attached hydrogens (primary N) is 1. The lowest BCUT2D eigenvalue weighted by atomic mass is 10.6. The van der Waals surface area contributed by atoms with Crippen molar-refractivity contribution in [2.75, 3.05) is 5.75 Å². The van der Waals surface area contributed by atoms with E-state index in [4.69, 9.17) is 5.73 Å². The monoisotopic (exact) mass is 131 g/mol. The van der Waals surface area contributed by atoms with Crippen LogP contribution in [0.2, 0.25) is 0 Å². The first-order valence-corrected chi connectivity index (χ1v) is 3.86. The summed E-state index contributed by atoms with van der Waals surface area (Å²) in [6.07, 6.45) is 1.22. The molecular formula is C6H13NS. The summed E-state index contributed by atoms with van der Waals surface area (Å²) in [6, 6.07) is 0. The highest BCUT2D eigenvalue weighted by Gasteiger charge is 1.78. The fourth-order valence-electron chi connectivity index (χ4n) is 0.308. The standard InChI is InChI=1S/C6H13NS/c1-3-4-8-5-6(2)7/h5H,3-4,7H2,1-2H3/b6-5+. The van der Waals surface area contributed by atoms with E-state index in [2.05, 4.69) is 6.92 Å². The Labute approximate surface area is 55.3 Å². The molecule has 0 aliphatic heterocycles. The smallest absolute Gasteiger partial charge is 0.0113 e. The molecule has 0 aromatic carbocycles. The molecule has 0 aromatic rings. The van der Waals surface area contributed by atoms with Crippen LogP contribution in [0, 0.1) is 0 Å². The van der Waals surface area contributed by atoms with Crippen LogP contribution in [0.3, 0.4) is 0 Å². The van der Waals surface area contributed by atoms with Crippen molar-refractivity contribution in [2.45, 2.75) is 20.3 Å². The fourth-order valence-corrected chi connectivity index (χ4v) is 0.925. The van der Waals surface area contributed by atoms with E-state index in [1.54, 1.807) is 11.8 Å². The highest BCUT2D eigenvalue weighted by atomic mass is 32.2. The molecule has 0 bridgehead atoms. The number of hydrogen-bond donors (Lipinski definition) is 1. The van der Waals surface area contributed by atoms with Gasteiger partial charge in [-0.25, -0.2) is 0 Å². The van der Waals surface area contributed by atoms with Crippen LogP contribution in [0.4, 0.5) is 0 Å². The van der Waals surface area contributed by atoms with Gasteiger partial charge < -0.3 is 5.73 Å². The van der Waals surface area contributed by atoms with E-state index < -0.39 is 0 Å². The first-order chi connectivity index (χ1) is 3.77. The van der Waals surface area contributed by atoms with Gasteiger partial charge in [-0.2, -0.15) is 0 Å². The van der Waals surface area contributed by atoms with Crippen molar-refractivity contribution in [3.05, 3.63) is 11.1 Å². The average Bonchev–Trinajstić information content (AvgIpc) is 1.66. The minimum Gasteiger partial charge on any atom is -0.402 e. The molecule has 0 aliphatic rings. The molecule has 2 N–H and O–H groups in total. The number of thioether (sulfide) groups is 1. The van der Waals surface area contributed by atoms with Crippen molar-refractivity contribution in [1.82, 2.24) is 0 Å². The number of allylic oxidation sites excluding steroid dienone is 1. The second kappa shape index (κ2) is 5.04. The van der Waals surface area contributed by atoms with Crippen LogP contribution >= 0.6 is 11.8 Å². The summed E-state index contributed by atoms with van der Waals surface area (Å²) in [5.41, 5.74) is 6.28. The molecular weight excluding hydrogens is 118 g/mol. The second-order valence-corrected chi connectivity index (χ2v) is 2.71. The van der Waals surface area contributed by atoms with Gasteiger partial charge in [0.05, 0.1) is 0 Å². The Hall–Kier alpha value is -0.110. The van der Waals surface area contributed by atoms with Crippen molar-refractivity contribution in [2.24, 2.45) is 5.73 Å². The molecule has 0 fully saturated rings. The molecule has 0 saturated heterocycles. The molecule has 0 aromatic heterocycles. The maximum Gasteiger partial charge on any atom is 0.0113 e. The minimum absolute atomic E-state index is 0.906.